The molecule has 1 aromatic rings. The molecule has 1 aromatic heterocycles. The van der Waals surface area contributed by atoms with Crippen molar-refractivity contribution in [3.63, 3.8) is 0 Å². The van der Waals surface area contributed by atoms with Gasteiger partial charge < -0.3 is 10.4 Å². The molecule has 0 spiro atoms. The molecule has 1 heterocycles. The Balaban J connectivity index is 2.05. The van der Waals surface area contributed by atoms with Gasteiger partial charge in [0.15, 0.2) is 0 Å². The van der Waals surface area contributed by atoms with E-state index in [1.807, 2.05) is 0 Å². The zero-order chi connectivity index (χ0) is 14.0. The maximum absolute atomic E-state index is 13.0. The zero-order valence-corrected chi connectivity index (χ0v) is 10.7. The standard InChI is InChI=1S/C12H12ClFN2O3/c13-9-8(4-7(14)5-15-9)10(17)16-6-12(11(18)19)2-1-3-12/h4-5H,1-3,6H2,(H,16,17)(H,18,19). The Morgan fingerprint density at radius 2 is 2.21 bits per heavy atom. The SMILES string of the molecule is O=C(NCC1(C(=O)O)CCC1)c1cc(F)cnc1Cl. The number of pyridine rings is 1. The van der Waals surface area contributed by atoms with Crippen molar-refractivity contribution in [2.24, 2.45) is 5.41 Å². The molecule has 1 aliphatic carbocycles. The summed E-state index contributed by atoms with van der Waals surface area (Å²) in [6, 6.07) is 0.971. The van der Waals surface area contributed by atoms with Crippen LogP contribution in [-0.2, 0) is 4.79 Å². The first-order valence-corrected chi connectivity index (χ1v) is 6.15. The molecule has 2 rings (SSSR count). The minimum atomic E-state index is -0.928. The fourth-order valence-electron chi connectivity index (χ4n) is 2.00. The predicted molar refractivity (Wildman–Crippen MR) is 65.5 cm³/mol. The van der Waals surface area contributed by atoms with E-state index in [-0.39, 0.29) is 17.3 Å². The maximum atomic E-state index is 13.0. The highest BCUT2D eigenvalue weighted by molar-refractivity contribution is 6.32. The summed E-state index contributed by atoms with van der Waals surface area (Å²) < 4.78 is 13.0. The lowest BCUT2D eigenvalue weighted by atomic mass is 9.69. The van der Waals surface area contributed by atoms with Gasteiger partial charge >= 0.3 is 5.97 Å². The molecule has 0 radical (unpaired) electrons. The van der Waals surface area contributed by atoms with Gasteiger partial charge in [-0.25, -0.2) is 9.37 Å². The van der Waals surface area contributed by atoms with Gasteiger partial charge in [-0.2, -0.15) is 0 Å². The molecule has 0 atom stereocenters. The van der Waals surface area contributed by atoms with Crippen LogP contribution in [0.1, 0.15) is 29.6 Å². The third-order valence-electron chi connectivity index (χ3n) is 3.40. The summed E-state index contributed by atoms with van der Waals surface area (Å²) >= 11 is 5.70. The number of carboxylic acid groups (broad SMARTS) is 1. The van der Waals surface area contributed by atoms with Gasteiger partial charge in [-0.05, 0) is 18.9 Å². The number of carboxylic acids is 1. The molecule has 1 amide bonds. The van der Waals surface area contributed by atoms with Gasteiger partial charge in [0.1, 0.15) is 11.0 Å². The molecule has 19 heavy (non-hydrogen) atoms. The van der Waals surface area contributed by atoms with Crippen molar-refractivity contribution in [2.45, 2.75) is 19.3 Å². The van der Waals surface area contributed by atoms with Crippen molar-refractivity contribution in [3.8, 4) is 0 Å². The zero-order valence-electron chi connectivity index (χ0n) is 9.95. The molecule has 1 aliphatic rings. The highest BCUT2D eigenvalue weighted by atomic mass is 35.5. The topological polar surface area (TPSA) is 79.3 Å². The van der Waals surface area contributed by atoms with Gasteiger partial charge in [0.05, 0.1) is 17.2 Å². The van der Waals surface area contributed by atoms with Gasteiger partial charge in [0, 0.05) is 6.54 Å². The molecule has 1 saturated carbocycles. The van der Waals surface area contributed by atoms with Gasteiger partial charge in [0.2, 0.25) is 0 Å². The molecular formula is C12H12ClFN2O3. The molecule has 7 heteroatoms. The van der Waals surface area contributed by atoms with Crippen molar-refractivity contribution < 1.29 is 19.1 Å². The monoisotopic (exact) mass is 286 g/mol. The van der Waals surface area contributed by atoms with E-state index in [1.165, 1.54) is 0 Å². The van der Waals surface area contributed by atoms with Crippen LogP contribution in [0.3, 0.4) is 0 Å². The highest BCUT2D eigenvalue weighted by Gasteiger charge is 2.44. The van der Waals surface area contributed by atoms with Gasteiger partial charge in [-0.15, -0.1) is 0 Å². The van der Waals surface area contributed by atoms with Crippen LogP contribution in [0.5, 0.6) is 0 Å². The second-order valence-corrected chi connectivity index (χ2v) is 4.97. The lowest BCUT2D eigenvalue weighted by molar-refractivity contribution is -0.153. The lowest BCUT2D eigenvalue weighted by Crippen LogP contribution is -2.47. The summed E-state index contributed by atoms with van der Waals surface area (Å²) in [4.78, 5) is 26.5. The predicted octanol–water partition coefficient (Wildman–Crippen LogP) is 1.86. The van der Waals surface area contributed by atoms with E-state index in [1.54, 1.807) is 0 Å². The number of halogens is 2. The fourth-order valence-corrected chi connectivity index (χ4v) is 2.19. The van der Waals surface area contributed by atoms with Crippen molar-refractivity contribution in [1.29, 1.82) is 0 Å². The number of amides is 1. The quantitative estimate of drug-likeness (QED) is 0.828. The molecule has 0 saturated heterocycles. The molecular weight excluding hydrogens is 275 g/mol. The summed E-state index contributed by atoms with van der Waals surface area (Å²) in [5.74, 6) is -2.22. The molecule has 102 valence electrons. The van der Waals surface area contributed by atoms with Crippen LogP contribution < -0.4 is 5.32 Å². The number of aliphatic carboxylic acids is 1. The Morgan fingerprint density at radius 3 is 2.74 bits per heavy atom. The minimum Gasteiger partial charge on any atom is -0.481 e. The Bertz CT molecular complexity index is 532. The van der Waals surface area contributed by atoms with Gasteiger partial charge in [-0.3, -0.25) is 9.59 Å². The Hall–Kier alpha value is -1.69. The molecule has 0 aliphatic heterocycles. The number of carbonyl (C=O) groups excluding carboxylic acids is 1. The van der Waals surface area contributed by atoms with Crippen LogP contribution in [0.25, 0.3) is 0 Å². The summed E-state index contributed by atoms with van der Waals surface area (Å²) in [7, 11) is 0. The molecule has 0 aromatic carbocycles. The molecule has 2 N–H and O–H groups in total. The summed E-state index contributed by atoms with van der Waals surface area (Å²) in [6.45, 7) is 0.00795. The number of aromatic nitrogens is 1. The van der Waals surface area contributed by atoms with Crippen molar-refractivity contribution in [3.05, 3.63) is 28.8 Å². The third kappa shape index (κ3) is 2.68. The van der Waals surface area contributed by atoms with E-state index in [0.717, 1.165) is 18.7 Å². The van der Waals surface area contributed by atoms with Crippen molar-refractivity contribution >= 4 is 23.5 Å². The second-order valence-electron chi connectivity index (χ2n) is 4.61. The van der Waals surface area contributed by atoms with E-state index in [4.69, 9.17) is 16.7 Å². The van der Waals surface area contributed by atoms with Crippen LogP contribution in [0.2, 0.25) is 5.15 Å². The normalized spacial score (nSPS) is 16.5. The van der Waals surface area contributed by atoms with Crippen molar-refractivity contribution in [2.75, 3.05) is 6.54 Å². The largest absolute Gasteiger partial charge is 0.481 e. The summed E-state index contributed by atoms with van der Waals surface area (Å²) in [5.41, 5.74) is -0.996. The van der Waals surface area contributed by atoms with E-state index < -0.39 is 23.1 Å². The average Bonchev–Trinajstić information content (AvgIpc) is 2.30. The number of hydrogen-bond donors (Lipinski definition) is 2. The van der Waals surface area contributed by atoms with E-state index in [0.29, 0.717) is 12.8 Å². The van der Waals surface area contributed by atoms with Crippen LogP contribution in [0, 0.1) is 11.2 Å². The molecule has 0 unspecified atom stereocenters. The first kappa shape index (κ1) is 13.7. The Morgan fingerprint density at radius 1 is 1.53 bits per heavy atom. The third-order valence-corrected chi connectivity index (χ3v) is 3.70. The van der Waals surface area contributed by atoms with E-state index in [9.17, 15) is 14.0 Å². The number of carbonyl (C=O) groups is 2. The van der Waals surface area contributed by atoms with Crippen molar-refractivity contribution in [1.82, 2.24) is 10.3 Å². The maximum Gasteiger partial charge on any atom is 0.311 e. The van der Waals surface area contributed by atoms with E-state index >= 15 is 0 Å². The van der Waals surface area contributed by atoms with Crippen LogP contribution in [0.15, 0.2) is 12.3 Å². The minimum absolute atomic E-state index is 0.00795. The van der Waals surface area contributed by atoms with Crippen LogP contribution in [-0.4, -0.2) is 28.5 Å². The number of rotatable bonds is 4. The number of nitrogens with zero attached hydrogens (tertiary/aromatic N) is 1. The lowest BCUT2D eigenvalue weighted by Gasteiger charge is -2.37. The van der Waals surface area contributed by atoms with Gasteiger partial charge in [-0.1, -0.05) is 18.0 Å². The van der Waals surface area contributed by atoms with Crippen LogP contribution >= 0.6 is 11.6 Å². The average molecular weight is 287 g/mol. The summed E-state index contributed by atoms with van der Waals surface area (Å²) in [5, 5.41) is 11.5. The van der Waals surface area contributed by atoms with E-state index in [2.05, 4.69) is 10.3 Å². The molecule has 5 nitrogen and oxygen atoms in total. The first-order valence-electron chi connectivity index (χ1n) is 5.77. The smallest absolute Gasteiger partial charge is 0.311 e. The van der Waals surface area contributed by atoms with Gasteiger partial charge in [0.25, 0.3) is 5.91 Å². The fraction of sp³-hybridized carbons (Fsp3) is 0.417. The Kier molecular flexibility index (Phi) is 3.71. The van der Waals surface area contributed by atoms with Crippen LogP contribution in [0.4, 0.5) is 4.39 Å². The molecule has 1 fully saturated rings. The second kappa shape index (κ2) is 5.13. The Labute approximate surface area is 113 Å². The first-order chi connectivity index (χ1) is 8.94. The number of hydrogen-bond acceptors (Lipinski definition) is 3. The molecule has 0 bridgehead atoms. The number of nitrogens with one attached hydrogen (secondary N) is 1. The highest BCUT2D eigenvalue weighted by Crippen LogP contribution is 2.40. The summed E-state index contributed by atoms with van der Waals surface area (Å²) in [6.07, 6.45) is 2.78.